The number of allylic oxidation sites excluding steroid dienone is 1. The van der Waals surface area contributed by atoms with Gasteiger partial charge in [0.05, 0.1) is 44.3 Å². The first-order valence-electron chi connectivity index (χ1n) is 30.6. The molecule has 12 atom stereocenters. The lowest BCUT2D eigenvalue weighted by Crippen LogP contribution is -2.66. The van der Waals surface area contributed by atoms with Gasteiger partial charge in [0.2, 0.25) is 70.9 Å². The Kier molecular flexibility index (Phi) is 31.4. The van der Waals surface area contributed by atoms with Crippen LogP contribution in [0.1, 0.15) is 145 Å². The molecule has 12 amide bonds. The second-order valence-corrected chi connectivity index (χ2v) is 23.9. The third-order valence-corrected chi connectivity index (χ3v) is 15.5. The topological polar surface area (TPSA) is 507 Å². The van der Waals surface area contributed by atoms with Crippen LogP contribution in [0.25, 0.3) is 0 Å². The monoisotopic (exact) mass is 1290 g/mol. The Balaban J connectivity index is 2.17. The van der Waals surface area contributed by atoms with E-state index in [2.05, 4.69) is 56.4 Å². The van der Waals surface area contributed by atoms with E-state index in [1.807, 2.05) is 10.6 Å². The molecule has 16 N–H and O–H groups in total. The van der Waals surface area contributed by atoms with Gasteiger partial charge in [-0.3, -0.25) is 76.7 Å². The fourth-order valence-electron chi connectivity index (χ4n) is 10.4. The van der Waals surface area contributed by atoms with E-state index in [0.29, 0.717) is 12.3 Å². The van der Waals surface area contributed by atoms with E-state index in [-0.39, 0.29) is 51.6 Å². The summed E-state index contributed by atoms with van der Waals surface area (Å²) >= 11 is 0. The number of nitrogens with zero attached hydrogens (tertiary/aromatic N) is 2. The molecule has 3 rings (SSSR count). The smallest absolute Gasteiger partial charge is 0.308 e. The molecule has 0 bridgehead atoms. The number of hydrogen-bond acceptors (Lipinski definition) is 17. The Morgan fingerprint density at radius 1 is 0.582 bits per heavy atom. The molecule has 33 heteroatoms. The van der Waals surface area contributed by atoms with Crippen LogP contribution in [0.15, 0.2) is 12.2 Å². The maximum absolute atomic E-state index is 15.2. The molecule has 0 saturated carbocycles. The number of hydrogen-bond donors (Lipinski definition) is 15. The molecule has 0 radical (unpaired) electrons. The third-order valence-electron chi connectivity index (χ3n) is 15.5. The highest BCUT2D eigenvalue weighted by Crippen LogP contribution is 2.24. The first-order chi connectivity index (χ1) is 42.7. The van der Waals surface area contributed by atoms with Crippen LogP contribution in [0.5, 0.6) is 0 Å². The van der Waals surface area contributed by atoms with Gasteiger partial charge >= 0.3 is 23.9 Å². The van der Waals surface area contributed by atoms with Crippen LogP contribution < -0.4 is 58.9 Å². The van der Waals surface area contributed by atoms with Gasteiger partial charge in [-0.05, 0) is 77.6 Å². The lowest BCUT2D eigenvalue weighted by Gasteiger charge is -2.39. The first-order valence-corrected chi connectivity index (χ1v) is 30.6. The van der Waals surface area contributed by atoms with Crippen LogP contribution in [0.2, 0.25) is 0 Å². The van der Waals surface area contributed by atoms with E-state index in [0.717, 1.165) is 48.8 Å². The lowest BCUT2D eigenvalue weighted by atomic mass is 9.96. The van der Waals surface area contributed by atoms with Crippen LogP contribution in [-0.2, 0) is 76.7 Å². The molecule has 3 fully saturated rings. The maximum Gasteiger partial charge on any atom is 0.308 e. The fourth-order valence-corrected chi connectivity index (χ4v) is 10.4. The number of carbonyl (C=O) groups is 16. The second kappa shape index (κ2) is 37.4. The molecule has 0 aromatic rings. The lowest BCUT2D eigenvalue weighted by molar-refractivity contribution is -0.150. The molecule has 33 nitrogen and oxygen atoms in total. The van der Waals surface area contributed by atoms with Crippen LogP contribution in [0.4, 0.5) is 0 Å². The molecule has 3 aliphatic heterocycles. The van der Waals surface area contributed by atoms with Crippen molar-refractivity contribution in [3.63, 3.8) is 0 Å². The Morgan fingerprint density at radius 3 is 1.67 bits per heavy atom. The summed E-state index contributed by atoms with van der Waals surface area (Å²) in [6.07, 6.45) is 6.00. The number of rotatable bonds is 22. The molecule has 508 valence electrons. The van der Waals surface area contributed by atoms with Crippen molar-refractivity contribution in [2.75, 3.05) is 26.2 Å². The maximum atomic E-state index is 15.2. The zero-order valence-electron chi connectivity index (χ0n) is 52.5. The summed E-state index contributed by atoms with van der Waals surface area (Å²) in [4.78, 5) is 218. The van der Waals surface area contributed by atoms with Gasteiger partial charge in [-0.2, -0.15) is 0 Å². The van der Waals surface area contributed by atoms with Crippen LogP contribution in [0.3, 0.4) is 0 Å². The average Bonchev–Trinajstić information content (AvgIpc) is 1.87. The largest absolute Gasteiger partial charge is 0.481 e. The summed E-state index contributed by atoms with van der Waals surface area (Å²) in [7, 11) is 0. The van der Waals surface area contributed by atoms with Gasteiger partial charge in [0, 0.05) is 25.6 Å². The summed E-state index contributed by atoms with van der Waals surface area (Å²) < 4.78 is 0. The number of piperidine rings is 1. The van der Waals surface area contributed by atoms with Gasteiger partial charge in [-0.25, -0.2) is 0 Å². The van der Waals surface area contributed by atoms with Crippen LogP contribution in [0, 0.1) is 17.8 Å². The zero-order chi connectivity index (χ0) is 68.4. The average molecular weight is 1290 g/mol. The number of aliphatic carboxylic acids is 4. The quantitative estimate of drug-likeness (QED) is 0.0371. The molecule has 0 aliphatic carbocycles. The summed E-state index contributed by atoms with van der Waals surface area (Å²) in [6, 6.07) is -18.5. The fraction of sp³-hybridized carbons (Fsp3) is 0.690. The van der Waals surface area contributed by atoms with E-state index in [4.69, 9.17) is 5.73 Å². The van der Waals surface area contributed by atoms with E-state index in [9.17, 15) is 92.3 Å². The minimum Gasteiger partial charge on any atom is -0.481 e. The Morgan fingerprint density at radius 2 is 1.11 bits per heavy atom. The number of carbonyl (C=O) groups excluding carboxylic acids is 12. The van der Waals surface area contributed by atoms with E-state index in [1.54, 1.807) is 26.0 Å². The van der Waals surface area contributed by atoms with Crippen molar-refractivity contribution in [3.05, 3.63) is 12.2 Å². The number of fused-ring (bicyclic) bond motifs is 2. The normalized spacial score (nSPS) is 25.3. The summed E-state index contributed by atoms with van der Waals surface area (Å²) in [5.41, 5.74) is 6.11. The number of nitrogens with one attached hydrogen (secondary N) is 10. The number of unbranched alkanes of at least 4 members (excludes halogenated alkanes) is 4. The number of nitrogens with two attached hydrogens (primary N) is 1. The van der Waals surface area contributed by atoms with Crippen molar-refractivity contribution in [1.82, 2.24) is 63.0 Å². The van der Waals surface area contributed by atoms with E-state index < -0.39 is 205 Å². The van der Waals surface area contributed by atoms with E-state index in [1.165, 1.54) is 13.8 Å². The Bertz CT molecular complexity index is 2710. The van der Waals surface area contributed by atoms with Gasteiger partial charge in [-0.15, -0.1) is 0 Å². The SMILES string of the molecule is CC(C)CCCCCC/C=C\CC(=O)N[C@@H](CC(=O)O)C(=O)N[C@@H]1C(=O)N2CCCC[C@@H]2C(=O)N[C@@H]([C@@H](C)C(=O)O)C(=O)N[C@@H](CC(=O)O)C(=O)NCC(=O)N[C@@H](CC(=O)O)C(=O)NCC(=O)N[C@H]([C@H](C)N)C(=O)N[C@@H](C(C)C)C(=O)N2CCC[C@H]2C(=O)N[C@@H]1C. The van der Waals surface area contributed by atoms with Crippen molar-refractivity contribution in [3.8, 4) is 0 Å². The molecule has 0 unspecified atom stereocenters. The third kappa shape index (κ3) is 25.2. The molecule has 0 spiro atoms. The highest BCUT2D eigenvalue weighted by molar-refractivity contribution is 6.01. The van der Waals surface area contributed by atoms with Crippen molar-refractivity contribution in [1.29, 1.82) is 0 Å². The molecule has 0 aromatic carbocycles. The highest BCUT2D eigenvalue weighted by Gasteiger charge is 2.45. The van der Waals surface area contributed by atoms with Gasteiger partial charge < -0.3 is 89.1 Å². The van der Waals surface area contributed by atoms with Gasteiger partial charge in [0.25, 0.3) is 0 Å². The molecular formula is C58H91N13O20. The summed E-state index contributed by atoms with van der Waals surface area (Å²) in [5, 5.41) is 62.2. The molecule has 3 aliphatic rings. The van der Waals surface area contributed by atoms with Crippen molar-refractivity contribution in [2.24, 2.45) is 23.5 Å². The Labute approximate surface area is 526 Å². The van der Waals surface area contributed by atoms with Gasteiger partial charge in [0.15, 0.2) is 0 Å². The van der Waals surface area contributed by atoms with Gasteiger partial charge in [-0.1, -0.05) is 65.5 Å². The van der Waals surface area contributed by atoms with E-state index >= 15 is 4.79 Å². The summed E-state index contributed by atoms with van der Waals surface area (Å²) in [6.45, 7) is 8.65. The highest BCUT2D eigenvalue weighted by atomic mass is 16.4. The zero-order valence-corrected chi connectivity index (χ0v) is 52.5. The van der Waals surface area contributed by atoms with Crippen LogP contribution >= 0.6 is 0 Å². The number of carboxylic acid groups (broad SMARTS) is 4. The minimum atomic E-state index is -2.15. The predicted molar refractivity (Wildman–Crippen MR) is 320 cm³/mol. The standard InChI is InChI=1S/C58H91N13O20/c1-29(2)18-13-11-9-8-10-12-14-21-39(72)63-36(26-44(79)80)51(83)69-48-33(7)62-52(84)38-20-17-23-71(38)56(88)45(30(3)4)67-55(87)47(32(6)59)66-41(74)28-61-49(81)34(24-42(75)76)64-40(73)27-60-50(82)35(25-43(77)78)65-54(86)46(31(5)58(90)91)68-53(85)37-19-15-16-22-70(37)57(48)89/h12,14,29-38,45-48H,8-11,13,15-28,59H2,1-7H3,(H,60,82)(H,61,81)(H,62,84)(H,63,72)(H,64,73)(H,65,86)(H,66,74)(H,67,87)(H,68,85)(H,69,83)(H,75,76)(H,77,78)(H,79,80)(H,90,91)/b14-12-/t31-,32+,33-,34+,35+,36+,37-,38+,45+,46+,47-,48+/m1/s1. The van der Waals surface area contributed by atoms with Crippen molar-refractivity contribution < 1.29 is 97.1 Å². The molecular weight excluding hydrogens is 1200 g/mol. The molecule has 3 saturated heterocycles. The number of carboxylic acids is 4. The van der Waals surface area contributed by atoms with Crippen molar-refractivity contribution in [2.45, 2.75) is 211 Å². The molecule has 91 heavy (non-hydrogen) atoms. The summed E-state index contributed by atoms with van der Waals surface area (Å²) in [5.74, 6) is -21.9. The first kappa shape index (κ1) is 76.5. The van der Waals surface area contributed by atoms with Crippen LogP contribution in [-0.4, -0.2) is 218 Å². The molecule has 0 aromatic heterocycles. The predicted octanol–water partition coefficient (Wildman–Crippen LogP) is -3.41. The minimum absolute atomic E-state index is 0.0222. The second-order valence-electron chi connectivity index (χ2n) is 23.9. The number of amides is 12. The van der Waals surface area contributed by atoms with Gasteiger partial charge in [0.1, 0.15) is 54.4 Å². The Hall–Kier alpha value is -8.78. The van der Waals surface area contributed by atoms with Crippen molar-refractivity contribution >= 4 is 94.8 Å². The molecule has 3 heterocycles.